The van der Waals surface area contributed by atoms with E-state index in [4.69, 9.17) is 9.47 Å². The molecule has 0 radical (unpaired) electrons. The molecule has 3 aromatic rings. The molecule has 3 aromatic carbocycles. The minimum absolute atomic E-state index is 0.0415. The van der Waals surface area contributed by atoms with Crippen molar-refractivity contribution in [2.75, 3.05) is 14.2 Å². The third-order valence-electron chi connectivity index (χ3n) is 5.98. The van der Waals surface area contributed by atoms with Crippen LogP contribution in [0.3, 0.4) is 0 Å². The molecular weight excluding hydrogens is 350 g/mol. The monoisotopic (exact) mass is 371 g/mol. The number of hydrogen-bond donors (Lipinski definition) is 0. The van der Waals surface area contributed by atoms with E-state index >= 15 is 0 Å². The van der Waals surface area contributed by atoms with Crippen molar-refractivity contribution in [3.8, 4) is 0 Å². The lowest BCUT2D eigenvalue weighted by molar-refractivity contribution is -0.294. The van der Waals surface area contributed by atoms with Gasteiger partial charge in [0.25, 0.3) is 5.91 Å². The van der Waals surface area contributed by atoms with Gasteiger partial charge in [0.05, 0.1) is 6.04 Å². The first kappa shape index (κ1) is 17.3. The fourth-order valence-corrected chi connectivity index (χ4v) is 4.78. The van der Waals surface area contributed by atoms with E-state index in [1.54, 1.807) is 7.11 Å². The average Bonchev–Trinajstić information content (AvgIpc) is 3.01. The summed E-state index contributed by atoms with van der Waals surface area (Å²) < 4.78 is 12.7. The predicted octanol–water partition coefficient (Wildman–Crippen LogP) is 4.24. The van der Waals surface area contributed by atoms with Crippen LogP contribution in [0.5, 0.6) is 0 Å². The molecule has 140 valence electrons. The van der Waals surface area contributed by atoms with Crippen molar-refractivity contribution >= 4 is 5.78 Å². The number of nitrogens with zero attached hydrogens (tertiary/aromatic N) is 1. The molecule has 3 atom stereocenters. The quantitative estimate of drug-likeness (QED) is 0.690. The Morgan fingerprint density at radius 1 is 0.893 bits per heavy atom. The van der Waals surface area contributed by atoms with Crippen molar-refractivity contribution in [3.63, 3.8) is 0 Å². The van der Waals surface area contributed by atoms with Gasteiger partial charge in [0.1, 0.15) is 0 Å². The van der Waals surface area contributed by atoms with E-state index in [0.29, 0.717) is 5.56 Å². The van der Waals surface area contributed by atoms with Gasteiger partial charge in [0, 0.05) is 18.2 Å². The summed E-state index contributed by atoms with van der Waals surface area (Å²) in [7, 11) is 3.59. The number of carbonyl (C=O) groups excluding carboxylic acids is 1. The Morgan fingerprint density at radius 2 is 1.50 bits per heavy atom. The number of methoxy groups -OCH3 is 1. The molecule has 2 aliphatic heterocycles. The third kappa shape index (κ3) is 2.02. The zero-order valence-corrected chi connectivity index (χ0v) is 15.8. The fourth-order valence-electron chi connectivity index (χ4n) is 4.78. The van der Waals surface area contributed by atoms with E-state index in [9.17, 15) is 4.79 Å². The summed E-state index contributed by atoms with van der Waals surface area (Å²) in [6.07, 6.45) is 0. The number of Topliss-reactive ketones (excluding diaryl/α,β-unsaturated/α-hetero) is 1. The Morgan fingerprint density at radius 3 is 2.18 bits per heavy atom. The van der Waals surface area contributed by atoms with Crippen LogP contribution in [0.25, 0.3) is 0 Å². The van der Waals surface area contributed by atoms with Crippen molar-refractivity contribution in [2.24, 2.45) is 0 Å². The average molecular weight is 371 g/mol. The lowest BCUT2D eigenvalue weighted by Crippen LogP contribution is -2.47. The van der Waals surface area contributed by atoms with Crippen LogP contribution < -0.4 is 0 Å². The van der Waals surface area contributed by atoms with Gasteiger partial charge >= 0.3 is 0 Å². The normalized spacial score (nSPS) is 28.9. The molecule has 0 spiro atoms. The van der Waals surface area contributed by atoms with Gasteiger partial charge in [-0.25, -0.2) is 4.90 Å². The Hall–Kier alpha value is -2.79. The number of ketones is 1. The Labute approximate surface area is 164 Å². The van der Waals surface area contributed by atoms with Gasteiger partial charge in [-0.15, -0.1) is 0 Å². The molecule has 0 N–H and O–H groups in total. The fraction of sp³-hybridized carbons (Fsp3) is 0.208. The van der Waals surface area contributed by atoms with Crippen LogP contribution >= 0.6 is 0 Å². The third-order valence-corrected chi connectivity index (χ3v) is 5.98. The standard InChI is InChI=1S/C24H21NO3/c1-25-21(17-11-5-3-6-12-17)23(18-13-7-4-8-14-18)22(26)19-15-9-10-16-20(19)24(25,27-2)28-23/h3-16,21H,1-2H3/t21-,23-,24-/m0/s1. The molecular formula is C24H21NO3. The van der Waals surface area contributed by atoms with E-state index in [2.05, 4.69) is 0 Å². The first-order valence-corrected chi connectivity index (χ1v) is 9.38. The first-order chi connectivity index (χ1) is 13.6. The van der Waals surface area contributed by atoms with Crippen LogP contribution in [-0.4, -0.2) is 24.8 Å². The molecule has 0 saturated carbocycles. The number of likely N-dealkylation sites (N-methyl/N-ethyl adjacent to an activating group) is 1. The minimum Gasteiger partial charge on any atom is -0.337 e. The Bertz CT molecular complexity index is 1040. The van der Waals surface area contributed by atoms with Crippen molar-refractivity contribution in [3.05, 3.63) is 107 Å². The molecule has 5 rings (SSSR count). The molecule has 0 unspecified atom stereocenters. The second kappa shape index (κ2) is 6.11. The number of ether oxygens (including phenoxy) is 2. The number of fused-ring (bicyclic) bond motifs is 4. The minimum atomic E-state index is -1.19. The number of benzene rings is 3. The highest BCUT2D eigenvalue weighted by molar-refractivity contribution is 6.06. The van der Waals surface area contributed by atoms with Crippen molar-refractivity contribution < 1.29 is 14.3 Å². The van der Waals surface area contributed by atoms with Gasteiger partial charge in [-0.2, -0.15) is 0 Å². The van der Waals surface area contributed by atoms with Gasteiger partial charge < -0.3 is 9.47 Å². The van der Waals surface area contributed by atoms with Crippen molar-refractivity contribution in [1.82, 2.24) is 4.90 Å². The topological polar surface area (TPSA) is 38.8 Å². The second-order valence-electron chi connectivity index (χ2n) is 7.29. The van der Waals surface area contributed by atoms with Crippen LogP contribution in [0.4, 0.5) is 0 Å². The zero-order valence-electron chi connectivity index (χ0n) is 15.8. The van der Waals surface area contributed by atoms with Crippen LogP contribution in [-0.2, 0) is 21.0 Å². The Kier molecular flexibility index (Phi) is 3.78. The van der Waals surface area contributed by atoms with Crippen molar-refractivity contribution in [2.45, 2.75) is 17.6 Å². The van der Waals surface area contributed by atoms with Gasteiger partial charge in [-0.3, -0.25) is 4.79 Å². The molecule has 0 aliphatic carbocycles. The summed E-state index contributed by atoms with van der Waals surface area (Å²) in [6.45, 7) is 0. The van der Waals surface area contributed by atoms with E-state index in [-0.39, 0.29) is 11.8 Å². The van der Waals surface area contributed by atoms with E-state index < -0.39 is 11.5 Å². The van der Waals surface area contributed by atoms with E-state index in [1.807, 2.05) is 96.9 Å². The highest BCUT2D eigenvalue weighted by atomic mass is 16.7. The lowest BCUT2D eigenvalue weighted by Gasteiger charge is -2.39. The summed E-state index contributed by atoms with van der Waals surface area (Å²) in [6, 6.07) is 27.0. The first-order valence-electron chi connectivity index (χ1n) is 9.38. The maximum Gasteiger partial charge on any atom is 0.260 e. The predicted molar refractivity (Wildman–Crippen MR) is 106 cm³/mol. The lowest BCUT2D eigenvalue weighted by atomic mass is 9.76. The number of carbonyl (C=O) groups is 1. The van der Waals surface area contributed by atoms with Crippen LogP contribution in [0, 0.1) is 0 Å². The molecule has 0 amide bonds. The molecule has 2 bridgehead atoms. The van der Waals surface area contributed by atoms with Crippen molar-refractivity contribution in [1.29, 1.82) is 0 Å². The molecule has 2 aliphatic rings. The smallest absolute Gasteiger partial charge is 0.260 e. The summed E-state index contributed by atoms with van der Waals surface area (Å²) in [4.78, 5) is 16.0. The molecule has 0 aromatic heterocycles. The van der Waals surface area contributed by atoms with Crippen LogP contribution in [0.1, 0.15) is 33.1 Å². The molecule has 4 heteroatoms. The summed E-state index contributed by atoms with van der Waals surface area (Å²) in [5, 5.41) is 0. The van der Waals surface area contributed by atoms with Gasteiger partial charge in [0.2, 0.25) is 5.78 Å². The van der Waals surface area contributed by atoms with Gasteiger partial charge in [0.15, 0.2) is 5.60 Å². The number of rotatable bonds is 3. The van der Waals surface area contributed by atoms with Crippen LogP contribution in [0.15, 0.2) is 84.9 Å². The maximum absolute atomic E-state index is 14.0. The maximum atomic E-state index is 14.0. The second-order valence-corrected chi connectivity index (χ2v) is 7.29. The SMILES string of the molecule is CO[C@]12O[C@](c3ccccc3)(C(=O)c3ccccc31)[C@H](c1ccccc1)N2C. The van der Waals surface area contributed by atoms with Crippen LogP contribution in [0.2, 0.25) is 0 Å². The molecule has 1 fully saturated rings. The number of hydrogen-bond acceptors (Lipinski definition) is 4. The molecule has 28 heavy (non-hydrogen) atoms. The molecule has 2 heterocycles. The Balaban J connectivity index is 1.87. The van der Waals surface area contributed by atoms with Gasteiger partial charge in [-0.05, 0) is 18.2 Å². The largest absolute Gasteiger partial charge is 0.337 e. The van der Waals surface area contributed by atoms with E-state index in [1.165, 1.54) is 0 Å². The highest BCUT2D eigenvalue weighted by Crippen LogP contribution is 2.61. The zero-order chi connectivity index (χ0) is 19.4. The summed E-state index contributed by atoms with van der Waals surface area (Å²) in [5.74, 6) is -1.18. The summed E-state index contributed by atoms with van der Waals surface area (Å²) >= 11 is 0. The summed E-state index contributed by atoms with van der Waals surface area (Å²) in [5.41, 5.74) is 2.03. The van der Waals surface area contributed by atoms with E-state index in [0.717, 1.165) is 16.7 Å². The molecule has 4 nitrogen and oxygen atoms in total. The highest BCUT2D eigenvalue weighted by Gasteiger charge is 2.69. The van der Waals surface area contributed by atoms with Gasteiger partial charge in [-0.1, -0.05) is 84.9 Å². The molecule has 1 saturated heterocycles.